The van der Waals surface area contributed by atoms with Crippen molar-refractivity contribution in [3.05, 3.63) is 23.8 Å². The van der Waals surface area contributed by atoms with E-state index in [2.05, 4.69) is 17.1 Å². The quantitative estimate of drug-likeness (QED) is 0.737. The number of aromatic hydroxyl groups is 2. The van der Waals surface area contributed by atoms with Crippen LogP contribution in [0.2, 0.25) is 0 Å². The number of nitrogens with zero attached hydrogens (tertiary/aromatic N) is 1. The molecule has 3 N–H and O–H groups in total. The average Bonchev–Trinajstić information content (AvgIpc) is 2.81. The number of hydrogen-bond donors (Lipinski definition) is 3. The van der Waals surface area contributed by atoms with Crippen molar-refractivity contribution in [2.45, 2.75) is 25.9 Å². The van der Waals surface area contributed by atoms with Gasteiger partial charge in [-0.05, 0) is 25.6 Å². The second-order valence-electron chi connectivity index (χ2n) is 4.52. The highest BCUT2D eigenvalue weighted by atomic mass is 16.3. The Balaban J connectivity index is 2.06. The van der Waals surface area contributed by atoms with Crippen LogP contribution >= 0.6 is 0 Å². The molecule has 0 aliphatic carbocycles. The molecular formula is C13H20N2O2. The van der Waals surface area contributed by atoms with Crippen LogP contribution in [0.4, 0.5) is 0 Å². The van der Waals surface area contributed by atoms with E-state index in [1.54, 1.807) is 12.1 Å². The van der Waals surface area contributed by atoms with Gasteiger partial charge >= 0.3 is 0 Å². The van der Waals surface area contributed by atoms with Crippen LogP contribution < -0.4 is 5.32 Å². The van der Waals surface area contributed by atoms with E-state index < -0.39 is 0 Å². The number of phenolic OH excluding ortho intramolecular Hbond substituents is 2. The summed E-state index contributed by atoms with van der Waals surface area (Å²) in [6.07, 6.45) is 1.16. The van der Waals surface area contributed by atoms with E-state index in [1.807, 2.05) is 0 Å². The zero-order valence-electron chi connectivity index (χ0n) is 10.2. The predicted molar refractivity (Wildman–Crippen MR) is 67.1 cm³/mol. The van der Waals surface area contributed by atoms with Gasteiger partial charge in [0.15, 0.2) is 0 Å². The lowest BCUT2D eigenvalue weighted by atomic mass is 10.1. The molecular weight excluding hydrogens is 216 g/mol. The third-order valence-electron chi connectivity index (χ3n) is 3.40. The van der Waals surface area contributed by atoms with E-state index >= 15 is 0 Å². The van der Waals surface area contributed by atoms with Gasteiger partial charge in [0.1, 0.15) is 11.5 Å². The van der Waals surface area contributed by atoms with Crippen molar-refractivity contribution in [3.63, 3.8) is 0 Å². The number of nitrogens with one attached hydrogen (secondary N) is 1. The largest absolute Gasteiger partial charge is 0.508 e. The first kappa shape index (κ1) is 12.2. The normalized spacial score (nSPS) is 20.0. The minimum absolute atomic E-state index is 0.108. The maximum absolute atomic E-state index is 9.78. The Hall–Kier alpha value is -1.26. The molecule has 0 amide bonds. The second-order valence-corrected chi connectivity index (χ2v) is 4.52. The van der Waals surface area contributed by atoms with E-state index in [0.29, 0.717) is 6.04 Å². The Kier molecular flexibility index (Phi) is 3.86. The first-order valence-corrected chi connectivity index (χ1v) is 6.16. The molecule has 1 aromatic carbocycles. The summed E-state index contributed by atoms with van der Waals surface area (Å²) in [4.78, 5) is 2.35. The van der Waals surface area contributed by atoms with Crippen LogP contribution in [-0.2, 0) is 6.54 Å². The van der Waals surface area contributed by atoms with Crippen molar-refractivity contribution in [3.8, 4) is 11.5 Å². The highest BCUT2D eigenvalue weighted by Gasteiger charge is 2.21. The first-order valence-electron chi connectivity index (χ1n) is 6.16. The van der Waals surface area contributed by atoms with Crippen molar-refractivity contribution in [1.29, 1.82) is 0 Å². The molecule has 1 aliphatic heterocycles. The lowest BCUT2D eigenvalue weighted by Gasteiger charge is -2.27. The van der Waals surface area contributed by atoms with E-state index in [0.717, 1.165) is 38.2 Å². The molecule has 0 aromatic heterocycles. The summed E-state index contributed by atoms with van der Waals surface area (Å²) in [5.41, 5.74) is 0.872. The van der Waals surface area contributed by atoms with Crippen molar-refractivity contribution in [2.75, 3.05) is 19.6 Å². The number of benzene rings is 1. The Labute approximate surface area is 102 Å². The molecule has 1 unspecified atom stereocenters. The van der Waals surface area contributed by atoms with Gasteiger partial charge in [0.25, 0.3) is 0 Å². The summed E-state index contributed by atoms with van der Waals surface area (Å²) in [6.45, 7) is 5.92. The highest BCUT2D eigenvalue weighted by molar-refractivity contribution is 5.38. The van der Waals surface area contributed by atoms with Gasteiger partial charge in [0, 0.05) is 30.8 Å². The van der Waals surface area contributed by atoms with Gasteiger partial charge in [-0.3, -0.25) is 4.90 Å². The molecule has 0 spiro atoms. The summed E-state index contributed by atoms with van der Waals surface area (Å²) >= 11 is 0. The first-order chi connectivity index (χ1) is 8.20. The van der Waals surface area contributed by atoms with Crippen molar-refractivity contribution < 1.29 is 10.2 Å². The van der Waals surface area contributed by atoms with Crippen molar-refractivity contribution >= 4 is 0 Å². The van der Waals surface area contributed by atoms with Gasteiger partial charge in [0.05, 0.1) is 0 Å². The third kappa shape index (κ3) is 2.90. The van der Waals surface area contributed by atoms with Crippen LogP contribution in [0.1, 0.15) is 18.9 Å². The van der Waals surface area contributed by atoms with Crippen LogP contribution in [0.5, 0.6) is 11.5 Å². The van der Waals surface area contributed by atoms with E-state index in [9.17, 15) is 10.2 Å². The van der Waals surface area contributed by atoms with Gasteiger partial charge < -0.3 is 15.5 Å². The third-order valence-corrected chi connectivity index (χ3v) is 3.40. The fourth-order valence-electron chi connectivity index (χ4n) is 2.35. The number of phenols is 2. The fourth-order valence-corrected chi connectivity index (χ4v) is 2.35. The lowest BCUT2D eigenvalue weighted by molar-refractivity contribution is 0.208. The van der Waals surface area contributed by atoms with E-state index in [4.69, 9.17) is 0 Å². The molecule has 1 saturated heterocycles. The summed E-state index contributed by atoms with van der Waals surface area (Å²) < 4.78 is 0. The molecule has 0 saturated carbocycles. The molecule has 1 aliphatic rings. The average molecular weight is 236 g/mol. The smallest absolute Gasteiger partial charge is 0.123 e. The molecule has 0 bridgehead atoms. The van der Waals surface area contributed by atoms with Crippen molar-refractivity contribution in [2.24, 2.45) is 0 Å². The standard InChI is InChI=1S/C13H20N2O2/c1-2-15(11-5-6-14-8-11)9-10-3-4-12(16)7-13(10)17/h3-4,7,11,14,16-17H,2,5-6,8-9H2,1H3. The van der Waals surface area contributed by atoms with Crippen LogP contribution in [-0.4, -0.2) is 40.8 Å². The summed E-state index contributed by atoms with van der Waals surface area (Å²) in [7, 11) is 0. The molecule has 0 radical (unpaired) electrons. The Morgan fingerprint density at radius 2 is 2.24 bits per heavy atom. The van der Waals surface area contributed by atoms with E-state index in [1.165, 1.54) is 6.07 Å². The van der Waals surface area contributed by atoms with E-state index in [-0.39, 0.29) is 11.5 Å². The second kappa shape index (κ2) is 5.38. The highest BCUT2D eigenvalue weighted by Crippen LogP contribution is 2.25. The maximum Gasteiger partial charge on any atom is 0.123 e. The van der Waals surface area contributed by atoms with Gasteiger partial charge in [-0.2, -0.15) is 0 Å². The fraction of sp³-hybridized carbons (Fsp3) is 0.538. The zero-order valence-corrected chi connectivity index (χ0v) is 10.2. The molecule has 4 nitrogen and oxygen atoms in total. The Morgan fingerprint density at radius 1 is 1.41 bits per heavy atom. The Morgan fingerprint density at radius 3 is 2.82 bits per heavy atom. The Bertz CT molecular complexity index is 376. The minimum atomic E-state index is 0.108. The lowest BCUT2D eigenvalue weighted by Crippen LogP contribution is -2.36. The summed E-state index contributed by atoms with van der Waals surface area (Å²) in [5, 5.41) is 22.4. The molecule has 17 heavy (non-hydrogen) atoms. The van der Waals surface area contributed by atoms with Crippen molar-refractivity contribution in [1.82, 2.24) is 10.2 Å². The van der Waals surface area contributed by atoms with Crippen LogP contribution in [0.3, 0.4) is 0 Å². The molecule has 1 aromatic rings. The molecule has 1 atom stereocenters. The SMILES string of the molecule is CCN(Cc1ccc(O)cc1O)C1CCNC1. The predicted octanol–water partition coefficient (Wildman–Crippen LogP) is 1.28. The summed E-state index contributed by atoms with van der Waals surface area (Å²) in [6, 6.07) is 5.36. The van der Waals surface area contributed by atoms with Gasteiger partial charge in [0.2, 0.25) is 0 Å². The number of rotatable bonds is 4. The van der Waals surface area contributed by atoms with Gasteiger partial charge in [-0.25, -0.2) is 0 Å². The monoisotopic (exact) mass is 236 g/mol. The van der Waals surface area contributed by atoms with Gasteiger partial charge in [-0.15, -0.1) is 0 Å². The molecule has 94 valence electrons. The summed E-state index contributed by atoms with van der Waals surface area (Å²) in [5.74, 6) is 0.284. The molecule has 4 heteroatoms. The van der Waals surface area contributed by atoms with Crippen LogP contribution in [0.15, 0.2) is 18.2 Å². The number of likely N-dealkylation sites (N-methyl/N-ethyl adjacent to an activating group) is 1. The maximum atomic E-state index is 9.78. The molecule has 2 rings (SSSR count). The topological polar surface area (TPSA) is 55.7 Å². The minimum Gasteiger partial charge on any atom is -0.508 e. The zero-order chi connectivity index (χ0) is 12.3. The van der Waals surface area contributed by atoms with Crippen LogP contribution in [0.25, 0.3) is 0 Å². The number of hydrogen-bond acceptors (Lipinski definition) is 4. The van der Waals surface area contributed by atoms with Gasteiger partial charge in [-0.1, -0.05) is 13.0 Å². The molecule has 1 heterocycles. The molecule has 1 fully saturated rings. The van der Waals surface area contributed by atoms with Crippen LogP contribution in [0, 0.1) is 0 Å².